The van der Waals surface area contributed by atoms with Gasteiger partial charge in [-0.2, -0.15) is 4.39 Å². The molecule has 1 aliphatic rings. The van der Waals surface area contributed by atoms with Crippen molar-refractivity contribution >= 4 is 5.91 Å². The highest BCUT2D eigenvalue weighted by atomic mass is 19.1. The van der Waals surface area contributed by atoms with Crippen LogP contribution in [-0.2, 0) is 0 Å². The Labute approximate surface area is 99.1 Å². The summed E-state index contributed by atoms with van der Waals surface area (Å²) in [6.45, 7) is 1.42. The quantitative estimate of drug-likeness (QED) is 0.801. The van der Waals surface area contributed by atoms with Gasteiger partial charge in [0.1, 0.15) is 5.69 Å². The second-order valence-electron chi connectivity index (χ2n) is 4.26. The zero-order valence-electron chi connectivity index (χ0n) is 9.47. The third-order valence-corrected chi connectivity index (χ3v) is 3.04. The number of rotatable bonds is 3. The molecule has 1 fully saturated rings. The zero-order valence-corrected chi connectivity index (χ0v) is 9.47. The molecule has 17 heavy (non-hydrogen) atoms. The lowest BCUT2D eigenvalue weighted by Gasteiger charge is -2.15. The molecular formula is C12H15FN2O2. The Hall–Kier alpha value is -1.49. The third-order valence-electron chi connectivity index (χ3n) is 3.04. The number of hydrogen-bond acceptors (Lipinski definition) is 3. The summed E-state index contributed by atoms with van der Waals surface area (Å²) in [6, 6.07) is 4.22. The third kappa shape index (κ3) is 2.79. The van der Waals surface area contributed by atoms with Crippen molar-refractivity contribution in [3.05, 3.63) is 29.8 Å². The molecule has 1 unspecified atom stereocenters. The van der Waals surface area contributed by atoms with Crippen molar-refractivity contribution in [1.29, 1.82) is 0 Å². The summed E-state index contributed by atoms with van der Waals surface area (Å²) < 4.78 is 12.9. The highest BCUT2D eigenvalue weighted by Gasteiger charge is 2.27. The first-order chi connectivity index (χ1) is 8.20. The van der Waals surface area contributed by atoms with E-state index in [2.05, 4.69) is 4.98 Å². The molecular weight excluding hydrogens is 223 g/mol. The smallest absolute Gasteiger partial charge is 0.272 e. The van der Waals surface area contributed by atoms with Gasteiger partial charge >= 0.3 is 0 Å². The van der Waals surface area contributed by atoms with Crippen LogP contribution in [0.4, 0.5) is 4.39 Å². The maximum Gasteiger partial charge on any atom is 0.272 e. The fourth-order valence-corrected chi connectivity index (χ4v) is 2.12. The summed E-state index contributed by atoms with van der Waals surface area (Å²) in [5, 5.41) is 8.84. The van der Waals surface area contributed by atoms with E-state index in [4.69, 9.17) is 5.11 Å². The second kappa shape index (κ2) is 5.23. The van der Waals surface area contributed by atoms with Crippen LogP contribution in [0.3, 0.4) is 0 Å². The van der Waals surface area contributed by atoms with Gasteiger partial charge in [0.2, 0.25) is 5.95 Å². The molecule has 1 atom stereocenters. The van der Waals surface area contributed by atoms with Gasteiger partial charge in [-0.3, -0.25) is 4.79 Å². The van der Waals surface area contributed by atoms with Crippen LogP contribution in [0.15, 0.2) is 18.2 Å². The standard InChI is InChI=1S/C12H15FN2O2/c13-11-3-1-2-10(14-11)12(17)15-6-4-9(8-15)5-7-16/h1-3,9,16H,4-8H2. The number of halogens is 1. The number of aliphatic hydroxyl groups is 1. The fraction of sp³-hybridized carbons (Fsp3) is 0.500. The van der Waals surface area contributed by atoms with E-state index in [1.54, 1.807) is 4.90 Å². The number of likely N-dealkylation sites (tertiary alicyclic amines) is 1. The molecule has 0 bridgehead atoms. The molecule has 0 spiro atoms. The Morgan fingerprint density at radius 2 is 2.41 bits per heavy atom. The summed E-state index contributed by atoms with van der Waals surface area (Å²) >= 11 is 0. The van der Waals surface area contributed by atoms with E-state index in [0.29, 0.717) is 25.4 Å². The number of carbonyl (C=O) groups excluding carboxylic acids is 1. The van der Waals surface area contributed by atoms with Gasteiger partial charge < -0.3 is 10.0 Å². The van der Waals surface area contributed by atoms with Crippen molar-refractivity contribution in [3.8, 4) is 0 Å². The minimum absolute atomic E-state index is 0.144. The Balaban J connectivity index is 2.02. The van der Waals surface area contributed by atoms with Gasteiger partial charge in [0.05, 0.1) is 0 Å². The van der Waals surface area contributed by atoms with E-state index in [1.165, 1.54) is 18.2 Å². The van der Waals surface area contributed by atoms with Crippen molar-refractivity contribution < 1.29 is 14.3 Å². The average molecular weight is 238 g/mol. The predicted molar refractivity (Wildman–Crippen MR) is 59.9 cm³/mol. The normalized spacial score (nSPS) is 19.6. The first-order valence-electron chi connectivity index (χ1n) is 5.73. The van der Waals surface area contributed by atoms with Crippen molar-refractivity contribution in [2.45, 2.75) is 12.8 Å². The zero-order chi connectivity index (χ0) is 12.3. The number of hydrogen-bond donors (Lipinski definition) is 1. The lowest BCUT2D eigenvalue weighted by molar-refractivity contribution is 0.0777. The van der Waals surface area contributed by atoms with Crippen LogP contribution in [-0.4, -0.2) is 40.6 Å². The van der Waals surface area contributed by atoms with Crippen LogP contribution in [0.2, 0.25) is 0 Å². The maximum absolute atomic E-state index is 12.9. The fourth-order valence-electron chi connectivity index (χ4n) is 2.12. The number of amides is 1. The SMILES string of the molecule is O=C(c1cccc(F)n1)N1CCC(CCO)C1. The van der Waals surface area contributed by atoms with Gasteiger partial charge in [0.25, 0.3) is 5.91 Å². The van der Waals surface area contributed by atoms with Crippen molar-refractivity contribution in [1.82, 2.24) is 9.88 Å². The minimum atomic E-state index is -0.637. The molecule has 0 saturated carbocycles. The van der Waals surface area contributed by atoms with Gasteiger partial charge in [-0.15, -0.1) is 0 Å². The predicted octanol–water partition coefficient (Wildman–Crippen LogP) is 1.07. The Morgan fingerprint density at radius 3 is 3.12 bits per heavy atom. The molecule has 0 radical (unpaired) electrons. The number of carbonyl (C=O) groups is 1. The van der Waals surface area contributed by atoms with Crippen molar-refractivity contribution in [2.75, 3.05) is 19.7 Å². The largest absolute Gasteiger partial charge is 0.396 e. The second-order valence-corrected chi connectivity index (χ2v) is 4.26. The molecule has 1 aromatic heterocycles. The van der Waals surface area contributed by atoms with Crippen molar-refractivity contribution in [2.24, 2.45) is 5.92 Å². The Bertz CT molecular complexity index is 411. The molecule has 2 heterocycles. The van der Waals surface area contributed by atoms with E-state index in [1.807, 2.05) is 0 Å². The summed E-state index contributed by atoms with van der Waals surface area (Å²) in [4.78, 5) is 17.2. The first-order valence-corrected chi connectivity index (χ1v) is 5.73. The highest BCUT2D eigenvalue weighted by Crippen LogP contribution is 2.20. The monoisotopic (exact) mass is 238 g/mol. The lowest BCUT2D eigenvalue weighted by Crippen LogP contribution is -2.29. The van der Waals surface area contributed by atoms with Gasteiger partial charge in [0.15, 0.2) is 0 Å². The summed E-state index contributed by atoms with van der Waals surface area (Å²) in [7, 11) is 0. The topological polar surface area (TPSA) is 53.4 Å². The molecule has 0 aromatic carbocycles. The summed E-state index contributed by atoms with van der Waals surface area (Å²) in [5.74, 6) is -0.524. The summed E-state index contributed by atoms with van der Waals surface area (Å²) in [5.41, 5.74) is 0.148. The van der Waals surface area contributed by atoms with Crippen LogP contribution >= 0.6 is 0 Å². The van der Waals surface area contributed by atoms with Gasteiger partial charge in [-0.05, 0) is 30.9 Å². The molecule has 1 N–H and O–H groups in total. The van der Waals surface area contributed by atoms with E-state index < -0.39 is 5.95 Å². The lowest BCUT2D eigenvalue weighted by atomic mass is 10.1. The number of pyridine rings is 1. The number of aromatic nitrogens is 1. The Morgan fingerprint density at radius 1 is 1.59 bits per heavy atom. The highest BCUT2D eigenvalue weighted by molar-refractivity contribution is 5.92. The van der Waals surface area contributed by atoms with E-state index in [-0.39, 0.29) is 18.2 Å². The number of nitrogens with zero attached hydrogens (tertiary/aromatic N) is 2. The maximum atomic E-state index is 12.9. The first kappa shape index (κ1) is 12.0. The van der Waals surface area contributed by atoms with Gasteiger partial charge in [0, 0.05) is 19.7 Å². The van der Waals surface area contributed by atoms with Crippen LogP contribution in [0.1, 0.15) is 23.3 Å². The molecule has 0 aliphatic carbocycles. The average Bonchev–Trinajstić information content (AvgIpc) is 2.77. The van der Waals surface area contributed by atoms with Gasteiger partial charge in [-0.25, -0.2) is 4.98 Å². The summed E-state index contributed by atoms with van der Waals surface area (Å²) in [6.07, 6.45) is 1.60. The van der Waals surface area contributed by atoms with Crippen LogP contribution in [0, 0.1) is 11.9 Å². The van der Waals surface area contributed by atoms with E-state index >= 15 is 0 Å². The van der Waals surface area contributed by atoms with E-state index in [9.17, 15) is 9.18 Å². The van der Waals surface area contributed by atoms with Crippen LogP contribution in [0.25, 0.3) is 0 Å². The number of aliphatic hydroxyl groups excluding tert-OH is 1. The van der Waals surface area contributed by atoms with E-state index in [0.717, 1.165) is 6.42 Å². The van der Waals surface area contributed by atoms with Gasteiger partial charge in [-0.1, -0.05) is 6.07 Å². The Kier molecular flexibility index (Phi) is 3.68. The molecule has 1 aromatic rings. The van der Waals surface area contributed by atoms with Crippen molar-refractivity contribution in [3.63, 3.8) is 0 Å². The van der Waals surface area contributed by atoms with Crippen LogP contribution in [0.5, 0.6) is 0 Å². The molecule has 2 rings (SSSR count). The minimum Gasteiger partial charge on any atom is -0.396 e. The molecule has 92 valence electrons. The van der Waals surface area contributed by atoms with Crippen LogP contribution < -0.4 is 0 Å². The molecule has 5 heteroatoms. The molecule has 1 saturated heterocycles. The molecule has 1 amide bonds. The molecule has 1 aliphatic heterocycles. The molecule has 4 nitrogen and oxygen atoms in total.